The van der Waals surface area contributed by atoms with Gasteiger partial charge in [0, 0.05) is 29.4 Å². The molecule has 0 aliphatic carbocycles. The second-order valence-electron chi connectivity index (χ2n) is 4.64. The topological polar surface area (TPSA) is 50.7 Å². The Hall–Kier alpha value is -1.78. The fraction of sp³-hybridized carbons (Fsp3) is 0.143. The van der Waals surface area contributed by atoms with Gasteiger partial charge in [-0.15, -0.1) is 0 Å². The first-order valence-electron chi connectivity index (χ1n) is 5.99. The van der Waals surface area contributed by atoms with E-state index in [0.717, 1.165) is 11.3 Å². The molecule has 2 heterocycles. The van der Waals surface area contributed by atoms with E-state index in [1.165, 1.54) is 0 Å². The zero-order valence-corrected chi connectivity index (χ0v) is 12.4. The highest BCUT2D eigenvalue weighted by molar-refractivity contribution is 6.36. The Balaban J connectivity index is 2.40. The van der Waals surface area contributed by atoms with E-state index in [2.05, 4.69) is 10.1 Å². The van der Waals surface area contributed by atoms with Crippen LogP contribution in [-0.2, 0) is 7.05 Å². The summed E-state index contributed by atoms with van der Waals surface area (Å²) >= 11 is 12.1. The molecule has 4 nitrogen and oxygen atoms in total. The molecule has 0 bridgehead atoms. The average molecular weight is 308 g/mol. The summed E-state index contributed by atoms with van der Waals surface area (Å²) < 4.78 is 1.56. The molecule has 102 valence electrons. The van der Waals surface area contributed by atoms with Gasteiger partial charge in [-0.1, -0.05) is 23.2 Å². The molecule has 0 saturated carbocycles. The van der Waals surface area contributed by atoms with Crippen molar-refractivity contribution >= 4 is 34.2 Å². The lowest BCUT2D eigenvalue weighted by Crippen LogP contribution is -2.06. The molecule has 0 unspecified atom stereocenters. The predicted molar refractivity (Wildman–Crippen MR) is 81.5 cm³/mol. The number of H-pyrrole nitrogens is 1. The van der Waals surface area contributed by atoms with Gasteiger partial charge in [0.25, 0.3) is 0 Å². The molecule has 1 aromatic carbocycles. The lowest BCUT2D eigenvalue weighted by Gasteiger charge is -2.02. The van der Waals surface area contributed by atoms with Gasteiger partial charge < -0.3 is 4.98 Å². The highest BCUT2D eigenvalue weighted by atomic mass is 35.5. The van der Waals surface area contributed by atoms with Crippen LogP contribution in [0.5, 0.6) is 0 Å². The monoisotopic (exact) mass is 307 g/mol. The molecular formula is C14H11Cl2N3O. The number of hydrogen-bond acceptors (Lipinski definition) is 2. The van der Waals surface area contributed by atoms with Crippen LogP contribution in [0.3, 0.4) is 0 Å². The second kappa shape index (κ2) is 4.65. The molecule has 0 aliphatic heterocycles. The Morgan fingerprint density at radius 1 is 1.25 bits per heavy atom. The van der Waals surface area contributed by atoms with Crippen LogP contribution >= 0.6 is 23.2 Å². The minimum absolute atomic E-state index is 0.0671. The van der Waals surface area contributed by atoms with Gasteiger partial charge >= 0.3 is 0 Å². The van der Waals surface area contributed by atoms with Crippen molar-refractivity contribution < 1.29 is 0 Å². The molecule has 2 aromatic heterocycles. The third kappa shape index (κ3) is 2.01. The van der Waals surface area contributed by atoms with Crippen LogP contribution in [0, 0.1) is 6.92 Å². The number of aryl methyl sites for hydroxylation is 2. The van der Waals surface area contributed by atoms with E-state index in [4.69, 9.17) is 23.2 Å². The lowest BCUT2D eigenvalue weighted by atomic mass is 10.1. The minimum Gasteiger partial charge on any atom is -0.355 e. The number of aromatic amines is 1. The SMILES string of the molecule is Cc1cc(=O)c2c([nH]1)c(-c1ccc(Cl)cc1Cl)nn2C. The number of rotatable bonds is 1. The van der Waals surface area contributed by atoms with Crippen LogP contribution in [0.1, 0.15) is 5.69 Å². The van der Waals surface area contributed by atoms with Crippen molar-refractivity contribution in [2.24, 2.45) is 7.05 Å². The molecule has 0 saturated heterocycles. The number of benzene rings is 1. The Labute approximate surface area is 124 Å². The van der Waals surface area contributed by atoms with E-state index in [1.54, 1.807) is 36.0 Å². The van der Waals surface area contributed by atoms with Gasteiger partial charge in [-0.2, -0.15) is 5.10 Å². The summed E-state index contributed by atoms with van der Waals surface area (Å²) in [6, 6.07) is 6.76. The standard InChI is InChI=1S/C14H11Cl2N3O/c1-7-5-11(20)14-13(17-7)12(18-19(14)2)9-4-3-8(15)6-10(9)16/h3-6H,1-2H3,(H,17,20). The summed E-state index contributed by atoms with van der Waals surface area (Å²) in [5, 5.41) is 5.47. The third-order valence-corrected chi connectivity index (χ3v) is 3.68. The zero-order chi connectivity index (χ0) is 14.4. The maximum atomic E-state index is 12.1. The van der Waals surface area contributed by atoms with Crippen molar-refractivity contribution in [1.29, 1.82) is 0 Å². The molecule has 0 spiro atoms. The number of fused-ring (bicyclic) bond motifs is 1. The first-order chi connectivity index (χ1) is 9.47. The van der Waals surface area contributed by atoms with Crippen molar-refractivity contribution in [3.63, 3.8) is 0 Å². The number of halogens is 2. The van der Waals surface area contributed by atoms with Gasteiger partial charge in [-0.05, 0) is 25.1 Å². The van der Waals surface area contributed by atoms with E-state index in [9.17, 15) is 4.79 Å². The van der Waals surface area contributed by atoms with Gasteiger partial charge in [0.05, 0.1) is 10.5 Å². The summed E-state index contributed by atoms with van der Waals surface area (Å²) in [5.41, 5.74) is 3.30. The summed E-state index contributed by atoms with van der Waals surface area (Å²) in [6.07, 6.45) is 0. The third-order valence-electron chi connectivity index (χ3n) is 3.14. The van der Waals surface area contributed by atoms with E-state index in [1.807, 2.05) is 6.92 Å². The summed E-state index contributed by atoms with van der Waals surface area (Å²) in [6.45, 7) is 1.83. The molecule has 0 aliphatic rings. The number of hydrogen-bond donors (Lipinski definition) is 1. The fourth-order valence-electron chi connectivity index (χ4n) is 2.29. The molecule has 6 heteroatoms. The fourth-order valence-corrected chi connectivity index (χ4v) is 2.79. The van der Waals surface area contributed by atoms with Gasteiger partial charge in [-0.3, -0.25) is 9.48 Å². The smallest absolute Gasteiger partial charge is 0.207 e. The summed E-state index contributed by atoms with van der Waals surface area (Å²) in [5.74, 6) is 0. The van der Waals surface area contributed by atoms with Crippen LogP contribution in [0.25, 0.3) is 22.3 Å². The van der Waals surface area contributed by atoms with E-state index in [-0.39, 0.29) is 5.43 Å². The molecule has 0 atom stereocenters. The molecule has 3 aromatic rings. The molecule has 0 fully saturated rings. The van der Waals surface area contributed by atoms with Crippen molar-refractivity contribution in [3.05, 3.63) is 50.2 Å². The first kappa shape index (κ1) is 13.2. The summed E-state index contributed by atoms with van der Waals surface area (Å²) in [4.78, 5) is 15.3. The highest BCUT2D eigenvalue weighted by Gasteiger charge is 2.16. The Morgan fingerprint density at radius 3 is 2.70 bits per heavy atom. The van der Waals surface area contributed by atoms with Crippen molar-refractivity contribution in [3.8, 4) is 11.3 Å². The Morgan fingerprint density at radius 2 is 2.00 bits per heavy atom. The number of nitrogens with zero attached hydrogens (tertiary/aromatic N) is 2. The Bertz CT molecular complexity index is 880. The minimum atomic E-state index is -0.0671. The maximum Gasteiger partial charge on any atom is 0.207 e. The normalized spacial score (nSPS) is 11.2. The average Bonchev–Trinajstić information content (AvgIpc) is 2.66. The lowest BCUT2D eigenvalue weighted by molar-refractivity contribution is 0.798. The van der Waals surface area contributed by atoms with Gasteiger partial charge in [0.15, 0.2) is 0 Å². The van der Waals surface area contributed by atoms with Crippen LogP contribution in [0.4, 0.5) is 0 Å². The van der Waals surface area contributed by atoms with Crippen LogP contribution in [0.15, 0.2) is 29.1 Å². The first-order valence-corrected chi connectivity index (χ1v) is 6.75. The number of aromatic nitrogens is 3. The van der Waals surface area contributed by atoms with E-state index >= 15 is 0 Å². The van der Waals surface area contributed by atoms with Gasteiger partial charge in [0.1, 0.15) is 11.2 Å². The van der Waals surface area contributed by atoms with Gasteiger partial charge in [0.2, 0.25) is 5.43 Å². The second-order valence-corrected chi connectivity index (χ2v) is 5.48. The molecule has 0 amide bonds. The van der Waals surface area contributed by atoms with Crippen LogP contribution in [-0.4, -0.2) is 14.8 Å². The molecule has 0 radical (unpaired) electrons. The zero-order valence-electron chi connectivity index (χ0n) is 10.9. The quantitative estimate of drug-likeness (QED) is 0.747. The molecule has 20 heavy (non-hydrogen) atoms. The van der Waals surface area contributed by atoms with Gasteiger partial charge in [-0.25, -0.2) is 0 Å². The Kier molecular flexibility index (Phi) is 3.07. The van der Waals surface area contributed by atoms with Crippen molar-refractivity contribution in [2.75, 3.05) is 0 Å². The number of pyridine rings is 1. The maximum absolute atomic E-state index is 12.1. The summed E-state index contributed by atoms with van der Waals surface area (Å²) in [7, 11) is 1.74. The van der Waals surface area contributed by atoms with Crippen LogP contribution < -0.4 is 5.43 Å². The highest BCUT2D eigenvalue weighted by Crippen LogP contribution is 2.32. The predicted octanol–water partition coefficient (Wildman–Crippen LogP) is 3.54. The van der Waals surface area contributed by atoms with Crippen LogP contribution in [0.2, 0.25) is 10.0 Å². The molecule has 1 N–H and O–H groups in total. The van der Waals surface area contributed by atoms with E-state index < -0.39 is 0 Å². The largest absolute Gasteiger partial charge is 0.355 e. The van der Waals surface area contributed by atoms with Crippen molar-refractivity contribution in [2.45, 2.75) is 6.92 Å². The molecule has 3 rings (SSSR count). The van der Waals surface area contributed by atoms with E-state index in [0.29, 0.717) is 26.8 Å². The molecular weight excluding hydrogens is 297 g/mol. The van der Waals surface area contributed by atoms with Crippen molar-refractivity contribution in [1.82, 2.24) is 14.8 Å². The number of nitrogens with one attached hydrogen (secondary N) is 1.